The number of rotatable bonds is 2. The summed E-state index contributed by atoms with van der Waals surface area (Å²) in [6.45, 7) is 8.64. The quantitative estimate of drug-likeness (QED) is 0.925. The van der Waals surface area contributed by atoms with Crippen LogP contribution < -0.4 is 10.2 Å². The Labute approximate surface area is 128 Å². The first-order valence-electron chi connectivity index (χ1n) is 6.98. The number of hydrogen-bond acceptors (Lipinski definition) is 5. The number of fused-ring (bicyclic) bond motifs is 1. The number of benzene rings is 1. The van der Waals surface area contributed by atoms with Crippen LogP contribution in [0, 0.1) is 5.92 Å². The van der Waals surface area contributed by atoms with Crippen molar-refractivity contribution in [3.8, 4) is 0 Å². The number of nitrogens with one attached hydrogen (secondary N) is 1. The predicted molar refractivity (Wildman–Crippen MR) is 85.9 cm³/mol. The lowest BCUT2D eigenvalue weighted by molar-refractivity contribution is 0.337. The van der Waals surface area contributed by atoms with E-state index in [1.165, 1.54) is 11.7 Å². The summed E-state index contributed by atoms with van der Waals surface area (Å²) in [4.78, 5) is 2.38. The van der Waals surface area contributed by atoms with E-state index in [4.69, 9.17) is 11.6 Å². The van der Waals surface area contributed by atoms with E-state index >= 15 is 0 Å². The third-order valence-electron chi connectivity index (χ3n) is 4.04. The van der Waals surface area contributed by atoms with E-state index < -0.39 is 0 Å². The fourth-order valence-corrected chi connectivity index (χ4v) is 3.53. The maximum absolute atomic E-state index is 6.46. The van der Waals surface area contributed by atoms with Crippen LogP contribution in [-0.2, 0) is 0 Å². The molecule has 0 amide bonds. The molecule has 2 heterocycles. The lowest BCUT2D eigenvalue weighted by Gasteiger charge is -2.42. The third kappa shape index (κ3) is 2.38. The molecule has 3 rings (SSSR count). The Hall–Kier alpha value is -0.910. The lowest BCUT2D eigenvalue weighted by Crippen LogP contribution is -2.57. The normalized spacial score (nSPS) is 23.8. The summed E-state index contributed by atoms with van der Waals surface area (Å²) in [5, 5.41) is 4.38. The summed E-state index contributed by atoms with van der Waals surface area (Å²) in [6.07, 6.45) is 0. The Bertz CT molecular complexity index is 612. The molecule has 1 saturated heterocycles. The maximum atomic E-state index is 6.46. The van der Waals surface area contributed by atoms with Crippen molar-refractivity contribution in [2.75, 3.05) is 18.0 Å². The smallest absolute Gasteiger partial charge is 0.129 e. The molecule has 6 heteroatoms. The standard InChI is InChI=1S/C14H19ClN4S/c1-8(2)12-7-19(9(3)6-16-12)14-10(15)4-5-11-13(14)18-20-17-11/h4-5,8-9,12,16H,6-7H2,1-3H3. The van der Waals surface area contributed by atoms with Crippen LogP contribution in [0.25, 0.3) is 11.0 Å². The van der Waals surface area contributed by atoms with E-state index in [0.29, 0.717) is 18.0 Å². The third-order valence-corrected chi connectivity index (χ3v) is 4.89. The minimum absolute atomic E-state index is 0.398. The molecular weight excluding hydrogens is 292 g/mol. The van der Waals surface area contributed by atoms with Gasteiger partial charge in [-0.3, -0.25) is 0 Å². The summed E-state index contributed by atoms with van der Waals surface area (Å²) in [7, 11) is 0. The highest BCUT2D eigenvalue weighted by Crippen LogP contribution is 2.35. The first-order chi connectivity index (χ1) is 9.58. The van der Waals surface area contributed by atoms with E-state index in [1.807, 2.05) is 12.1 Å². The highest BCUT2D eigenvalue weighted by molar-refractivity contribution is 7.00. The minimum atomic E-state index is 0.398. The van der Waals surface area contributed by atoms with Crippen molar-refractivity contribution in [3.05, 3.63) is 17.2 Å². The second-order valence-electron chi connectivity index (χ2n) is 5.79. The Balaban J connectivity index is 2.04. The fraction of sp³-hybridized carbons (Fsp3) is 0.571. The Morgan fingerprint density at radius 1 is 1.40 bits per heavy atom. The number of aromatic nitrogens is 2. The zero-order valence-electron chi connectivity index (χ0n) is 11.9. The van der Waals surface area contributed by atoms with Gasteiger partial charge in [-0.25, -0.2) is 0 Å². The predicted octanol–water partition coefficient (Wildman–Crippen LogP) is 3.17. The first kappa shape index (κ1) is 14.0. The molecule has 2 aromatic rings. The second kappa shape index (κ2) is 5.47. The van der Waals surface area contributed by atoms with Crippen molar-refractivity contribution < 1.29 is 0 Å². The molecule has 108 valence electrons. The molecule has 2 atom stereocenters. The molecule has 0 spiro atoms. The fourth-order valence-electron chi connectivity index (χ4n) is 2.73. The van der Waals surface area contributed by atoms with Gasteiger partial charge in [0.25, 0.3) is 0 Å². The van der Waals surface area contributed by atoms with Crippen LogP contribution in [0.1, 0.15) is 20.8 Å². The topological polar surface area (TPSA) is 41.1 Å². The first-order valence-corrected chi connectivity index (χ1v) is 8.09. The van der Waals surface area contributed by atoms with Gasteiger partial charge in [-0.1, -0.05) is 25.4 Å². The summed E-state index contributed by atoms with van der Waals surface area (Å²) < 4.78 is 8.77. The van der Waals surface area contributed by atoms with Crippen molar-refractivity contribution in [3.63, 3.8) is 0 Å². The van der Waals surface area contributed by atoms with Gasteiger partial charge in [0.15, 0.2) is 0 Å². The molecule has 0 saturated carbocycles. The zero-order chi connectivity index (χ0) is 14.3. The van der Waals surface area contributed by atoms with Crippen LogP contribution in [0.3, 0.4) is 0 Å². The van der Waals surface area contributed by atoms with Gasteiger partial charge in [-0.05, 0) is 25.0 Å². The Kier molecular flexibility index (Phi) is 3.84. The van der Waals surface area contributed by atoms with Crippen LogP contribution in [0.15, 0.2) is 12.1 Å². The van der Waals surface area contributed by atoms with Crippen LogP contribution in [0.4, 0.5) is 5.69 Å². The number of piperazine rings is 1. The van der Waals surface area contributed by atoms with E-state index in [0.717, 1.165) is 34.8 Å². The largest absolute Gasteiger partial charge is 0.363 e. The van der Waals surface area contributed by atoms with Crippen molar-refractivity contribution in [1.82, 2.24) is 14.1 Å². The number of halogens is 1. The molecule has 20 heavy (non-hydrogen) atoms. The van der Waals surface area contributed by atoms with Gasteiger partial charge in [0, 0.05) is 25.2 Å². The molecule has 1 fully saturated rings. The molecule has 0 bridgehead atoms. The summed E-state index contributed by atoms with van der Waals surface area (Å²) in [5.74, 6) is 0.594. The number of hydrogen-bond donors (Lipinski definition) is 1. The molecule has 1 aliphatic rings. The van der Waals surface area contributed by atoms with Crippen molar-refractivity contribution in [2.24, 2.45) is 5.92 Å². The van der Waals surface area contributed by atoms with Crippen LogP contribution in [-0.4, -0.2) is 33.9 Å². The highest BCUT2D eigenvalue weighted by atomic mass is 35.5. The Morgan fingerprint density at radius 3 is 2.95 bits per heavy atom. The van der Waals surface area contributed by atoms with Crippen molar-refractivity contribution in [1.29, 1.82) is 0 Å². The second-order valence-corrected chi connectivity index (χ2v) is 6.72. The number of nitrogens with zero attached hydrogens (tertiary/aromatic N) is 3. The van der Waals surface area contributed by atoms with Crippen LogP contribution in [0.2, 0.25) is 5.02 Å². The minimum Gasteiger partial charge on any atom is -0.363 e. The SMILES string of the molecule is CC(C)C1CN(c2c(Cl)ccc3nsnc23)C(C)CN1. The molecule has 0 aliphatic carbocycles. The van der Waals surface area contributed by atoms with Crippen LogP contribution >= 0.6 is 23.3 Å². The average Bonchev–Trinajstić information content (AvgIpc) is 2.88. The maximum Gasteiger partial charge on any atom is 0.129 e. The van der Waals surface area contributed by atoms with Gasteiger partial charge < -0.3 is 10.2 Å². The molecule has 1 aliphatic heterocycles. The van der Waals surface area contributed by atoms with E-state index in [1.54, 1.807) is 0 Å². The Morgan fingerprint density at radius 2 is 2.20 bits per heavy atom. The molecule has 1 N–H and O–H groups in total. The van der Waals surface area contributed by atoms with E-state index in [-0.39, 0.29) is 0 Å². The van der Waals surface area contributed by atoms with Gasteiger partial charge in [0.1, 0.15) is 11.0 Å². The van der Waals surface area contributed by atoms with Crippen molar-refractivity contribution in [2.45, 2.75) is 32.9 Å². The average molecular weight is 311 g/mol. The monoisotopic (exact) mass is 310 g/mol. The van der Waals surface area contributed by atoms with Crippen LogP contribution in [0.5, 0.6) is 0 Å². The molecule has 4 nitrogen and oxygen atoms in total. The van der Waals surface area contributed by atoms with Gasteiger partial charge in [-0.2, -0.15) is 8.75 Å². The molecular formula is C14H19ClN4S. The molecule has 2 unspecified atom stereocenters. The van der Waals surface area contributed by atoms with Crippen molar-refractivity contribution >= 4 is 40.0 Å². The van der Waals surface area contributed by atoms with Gasteiger partial charge in [-0.15, -0.1) is 0 Å². The molecule has 1 aromatic heterocycles. The number of anilines is 1. The van der Waals surface area contributed by atoms with Gasteiger partial charge in [0.05, 0.1) is 22.4 Å². The van der Waals surface area contributed by atoms with E-state index in [2.05, 4.69) is 39.7 Å². The lowest BCUT2D eigenvalue weighted by atomic mass is 9.99. The summed E-state index contributed by atoms with van der Waals surface area (Å²) >= 11 is 7.71. The summed E-state index contributed by atoms with van der Waals surface area (Å²) in [5.41, 5.74) is 2.90. The molecule has 0 radical (unpaired) electrons. The zero-order valence-corrected chi connectivity index (χ0v) is 13.5. The highest BCUT2D eigenvalue weighted by Gasteiger charge is 2.29. The van der Waals surface area contributed by atoms with E-state index in [9.17, 15) is 0 Å². The summed E-state index contributed by atoms with van der Waals surface area (Å²) in [6, 6.07) is 4.75. The van der Waals surface area contributed by atoms with Gasteiger partial charge >= 0.3 is 0 Å². The van der Waals surface area contributed by atoms with Gasteiger partial charge in [0.2, 0.25) is 0 Å². The molecule has 1 aromatic carbocycles.